The van der Waals surface area contributed by atoms with E-state index in [4.69, 9.17) is 0 Å². The standard InChI is InChI=1S/C12H21F2N/c1-10-4-8-15(9-5-10)11-2-6-12(13,14)7-3-11/h10-11H,2-9H2,1H3. The van der Waals surface area contributed by atoms with Gasteiger partial charge in [-0.15, -0.1) is 0 Å². The molecule has 3 heteroatoms. The van der Waals surface area contributed by atoms with Crippen molar-refractivity contribution in [3.8, 4) is 0 Å². The summed E-state index contributed by atoms with van der Waals surface area (Å²) in [4.78, 5) is 2.44. The summed E-state index contributed by atoms with van der Waals surface area (Å²) in [5.74, 6) is -1.55. The van der Waals surface area contributed by atoms with Crippen LogP contribution in [0, 0.1) is 5.92 Å². The molecule has 0 aromatic carbocycles. The molecule has 1 saturated carbocycles. The number of hydrogen-bond donors (Lipinski definition) is 0. The Bertz CT molecular complexity index is 200. The third-order valence-corrected chi connectivity index (χ3v) is 4.02. The number of alkyl halides is 2. The van der Waals surface area contributed by atoms with Gasteiger partial charge < -0.3 is 4.90 Å². The maximum absolute atomic E-state index is 13.0. The van der Waals surface area contributed by atoms with Crippen molar-refractivity contribution in [3.63, 3.8) is 0 Å². The smallest absolute Gasteiger partial charge is 0.248 e. The first-order valence-electron chi connectivity index (χ1n) is 6.19. The fourth-order valence-electron chi connectivity index (χ4n) is 2.78. The van der Waals surface area contributed by atoms with Crippen LogP contribution in [-0.2, 0) is 0 Å². The van der Waals surface area contributed by atoms with Crippen molar-refractivity contribution in [1.29, 1.82) is 0 Å². The molecule has 1 nitrogen and oxygen atoms in total. The SMILES string of the molecule is CC1CCN(C2CCC(F)(F)CC2)CC1. The van der Waals surface area contributed by atoms with E-state index in [1.807, 2.05) is 0 Å². The van der Waals surface area contributed by atoms with Gasteiger partial charge >= 0.3 is 0 Å². The average Bonchev–Trinajstić information content (AvgIpc) is 2.20. The van der Waals surface area contributed by atoms with Gasteiger partial charge in [-0.25, -0.2) is 8.78 Å². The molecule has 2 fully saturated rings. The van der Waals surface area contributed by atoms with Crippen molar-refractivity contribution >= 4 is 0 Å². The van der Waals surface area contributed by atoms with Gasteiger partial charge in [0, 0.05) is 18.9 Å². The van der Waals surface area contributed by atoms with Crippen molar-refractivity contribution in [2.45, 2.75) is 57.4 Å². The number of hydrogen-bond acceptors (Lipinski definition) is 1. The minimum atomic E-state index is -2.38. The highest BCUT2D eigenvalue weighted by molar-refractivity contribution is 4.85. The molecule has 15 heavy (non-hydrogen) atoms. The van der Waals surface area contributed by atoms with Crippen molar-refractivity contribution in [1.82, 2.24) is 4.90 Å². The third-order valence-electron chi connectivity index (χ3n) is 4.02. The van der Waals surface area contributed by atoms with Crippen LogP contribution in [0.3, 0.4) is 0 Å². The predicted molar refractivity (Wildman–Crippen MR) is 57.2 cm³/mol. The molecule has 0 spiro atoms. The van der Waals surface area contributed by atoms with Gasteiger partial charge in [-0.05, 0) is 44.7 Å². The zero-order valence-corrected chi connectivity index (χ0v) is 9.51. The Kier molecular flexibility index (Phi) is 3.29. The lowest BCUT2D eigenvalue weighted by Crippen LogP contribution is -2.44. The molecule has 1 aliphatic heterocycles. The van der Waals surface area contributed by atoms with Crippen molar-refractivity contribution in [2.75, 3.05) is 13.1 Å². The van der Waals surface area contributed by atoms with E-state index in [2.05, 4.69) is 11.8 Å². The molecule has 0 atom stereocenters. The second-order valence-electron chi connectivity index (χ2n) is 5.31. The molecule has 0 amide bonds. The van der Waals surface area contributed by atoms with Crippen LogP contribution in [0.1, 0.15) is 45.4 Å². The summed E-state index contributed by atoms with van der Waals surface area (Å²) < 4.78 is 26.0. The van der Waals surface area contributed by atoms with E-state index in [-0.39, 0.29) is 12.8 Å². The molecule has 1 aliphatic carbocycles. The lowest BCUT2D eigenvalue weighted by atomic mass is 9.89. The fraction of sp³-hybridized carbons (Fsp3) is 1.00. The molecule has 0 N–H and O–H groups in total. The Hall–Kier alpha value is -0.180. The number of piperidine rings is 1. The highest BCUT2D eigenvalue weighted by atomic mass is 19.3. The molecule has 88 valence electrons. The quantitative estimate of drug-likeness (QED) is 0.651. The highest BCUT2D eigenvalue weighted by Gasteiger charge is 2.37. The fourth-order valence-corrected chi connectivity index (χ4v) is 2.78. The molecule has 0 bridgehead atoms. The number of halogens is 2. The second kappa shape index (κ2) is 4.36. The molecular weight excluding hydrogens is 196 g/mol. The maximum atomic E-state index is 13.0. The molecule has 0 unspecified atom stereocenters. The first-order valence-corrected chi connectivity index (χ1v) is 6.19. The Morgan fingerprint density at radius 3 is 2.07 bits per heavy atom. The van der Waals surface area contributed by atoms with E-state index in [1.54, 1.807) is 0 Å². The first kappa shape index (κ1) is 11.3. The third kappa shape index (κ3) is 2.90. The summed E-state index contributed by atoms with van der Waals surface area (Å²) >= 11 is 0. The van der Waals surface area contributed by atoms with Gasteiger partial charge in [0.2, 0.25) is 5.92 Å². The van der Waals surface area contributed by atoms with E-state index < -0.39 is 5.92 Å². The average molecular weight is 217 g/mol. The molecule has 0 aromatic heterocycles. The Labute approximate surface area is 90.8 Å². The molecular formula is C12H21F2N. The number of nitrogens with zero attached hydrogens (tertiary/aromatic N) is 1. The topological polar surface area (TPSA) is 3.24 Å². The van der Waals surface area contributed by atoms with Gasteiger partial charge in [0.05, 0.1) is 0 Å². The normalized spacial score (nSPS) is 30.6. The largest absolute Gasteiger partial charge is 0.300 e. The van der Waals surface area contributed by atoms with Crippen molar-refractivity contribution in [2.24, 2.45) is 5.92 Å². The minimum Gasteiger partial charge on any atom is -0.300 e. The van der Waals surface area contributed by atoms with Crippen LogP contribution in [0.2, 0.25) is 0 Å². The molecule has 0 radical (unpaired) electrons. The number of likely N-dealkylation sites (tertiary alicyclic amines) is 1. The monoisotopic (exact) mass is 217 g/mol. The maximum Gasteiger partial charge on any atom is 0.248 e. The van der Waals surface area contributed by atoms with Gasteiger partial charge in [0.15, 0.2) is 0 Å². The highest BCUT2D eigenvalue weighted by Crippen LogP contribution is 2.36. The van der Waals surface area contributed by atoms with Gasteiger partial charge in [0.25, 0.3) is 0 Å². The van der Waals surface area contributed by atoms with Crippen LogP contribution in [0.5, 0.6) is 0 Å². The second-order valence-corrected chi connectivity index (χ2v) is 5.31. The lowest BCUT2D eigenvalue weighted by molar-refractivity contribution is -0.0565. The summed E-state index contributed by atoms with van der Waals surface area (Å²) in [5, 5.41) is 0. The summed E-state index contributed by atoms with van der Waals surface area (Å²) in [5.41, 5.74) is 0. The van der Waals surface area contributed by atoms with Crippen molar-refractivity contribution in [3.05, 3.63) is 0 Å². The molecule has 1 heterocycles. The van der Waals surface area contributed by atoms with E-state index in [0.29, 0.717) is 18.9 Å². The zero-order valence-electron chi connectivity index (χ0n) is 9.51. The van der Waals surface area contributed by atoms with Crippen LogP contribution < -0.4 is 0 Å². The Morgan fingerprint density at radius 1 is 1.00 bits per heavy atom. The van der Waals surface area contributed by atoms with Gasteiger partial charge in [-0.3, -0.25) is 0 Å². The van der Waals surface area contributed by atoms with E-state index >= 15 is 0 Å². The minimum absolute atomic E-state index is 0.101. The summed E-state index contributed by atoms with van der Waals surface area (Å²) in [7, 11) is 0. The molecule has 1 saturated heterocycles. The van der Waals surface area contributed by atoms with Crippen LogP contribution in [0.4, 0.5) is 8.78 Å². The van der Waals surface area contributed by atoms with Crippen LogP contribution >= 0.6 is 0 Å². The molecule has 2 rings (SSSR count). The summed E-state index contributed by atoms with van der Waals surface area (Å²) in [6.45, 7) is 4.53. The molecule has 0 aromatic rings. The Balaban J connectivity index is 1.80. The Morgan fingerprint density at radius 2 is 1.53 bits per heavy atom. The van der Waals surface area contributed by atoms with Crippen molar-refractivity contribution < 1.29 is 8.78 Å². The van der Waals surface area contributed by atoms with Crippen LogP contribution in [0.15, 0.2) is 0 Å². The first-order chi connectivity index (χ1) is 7.07. The van der Waals surface area contributed by atoms with Gasteiger partial charge in [-0.1, -0.05) is 6.92 Å². The molecule has 2 aliphatic rings. The summed E-state index contributed by atoms with van der Waals surface area (Å²) in [6.07, 6.45) is 4.08. The van der Waals surface area contributed by atoms with E-state index in [0.717, 1.165) is 19.0 Å². The predicted octanol–water partition coefficient (Wildman–Crippen LogP) is 3.30. The lowest BCUT2D eigenvalue weighted by Gasteiger charge is -2.40. The van der Waals surface area contributed by atoms with E-state index in [9.17, 15) is 8.78 Å². The summed E-state index contributed by atoms with van der Waals surface area (Å²) in [6, 6.07) is 0.442. The van der Waals surface area contributed by atoms with Gasteiger partial charge in [0.1, 0.15) is 0 Å². The zero-order chi connectivity index (χ0) is 10.9. The van der Waals surface area contributed by atoms with E-state index in [1.165, 1.54) is 12.8 Å². The van der Waals surface area contributed by atoms with Gasteiger partial charge in [-0.2, -0.15) is 0 Å². The van der Waals surface area contributed by atoms with Crippen LogP contribution in [-0.4, -0.2) is 30.0 Å². The number of rotatable bonds is 1. The van der Waals surface area contributed by atoms with Crippen LogP contribution in [0.25, 0.3) is 0 Å².